The van der Waals surface area contributed by atoms with Crippen molar-refractivity contribution in [2.45, 2.75) is 0 Å². The summed E-state index contributed by atoms with van der Waals surface area (Å²) >= 11 is 0. The third-order valence-corrected chi connectivity index (χ3v) is 4.86. The van der Waals surface area contributed by atoms with E-state index in [4.69, 9.17) is 0 Å². The van der Waals surface area contributed by atoms with Crippen LogP contribution in [0.3, 0.4) is 0 Å². The smallest absolute Gasteiger partial charge is 0.258 e. The van der Waals surface area contributed by atoms with Gasteiger partial charge in [0.1, 0.15) is 12.6 Å². The van der Waals surface area contributed by atoms with Crippen molar-refractivity contribution in [2.75, 3.05) is 0 Å². The van der Waals surface area contributed by atoms with Crippen LogP contribution in [0.5, 0.6) is 0 Å². The zero-order valence-corrected chi connectivity index (χ0v) is 15.4. The molecular formula is C24H19N2O2+. The summed E-state index contributed by atoms with van der Waals surface area (Å²) < 4.78 is 2.02. The van der Waals surface area contributed by atoms with Crippen LogP contribution in [-0.2, 0) is 7.05 Å². The molecule has 0 fully saturated rings. The van der Waals surface area contributed by atoms with Crippen molar-refractivity contribution in [1.29, 1.82) is 0 Å². The van der Waals surface area contributed by atoms with Crippen molar-refractivity contribution in [3.05, 3.63) is 107 Å². The topological polar surface area (TPSA) is 47.0 Å². The number of benzene rings is 3. The summed E-state index contributed by atoms with van der Waals surface area (Å²) in [5, 5.41) is 11.6. The molecule has 0 atom stereocenters. The quantitative estimate of drug-likeness (QED) is 0.275. The maximum atomic E-state index is 11.6. The van der Waals surface area contributed by atoms with Gasteiger partial charge in [0.25, 0.3) is 5.69 Å². The Hall–Kier alpha value is -3.79. The van der Waals surface area contributed by atoms with Gasteiger partial charge in [0.05, 0.1) is 4.92 Å². The van der Waals surface area contributed by atoms with Crippen LogP contribution in [-0.4, -0.2) is 4.92 Å². The van der Waals surface area contributed by atoms with E-state index in [0.717, 1.165) is 28.1 Å². The number of nitro benzene ring substituents is 1. The molecule has 4 heteroatoms. The number of nitrogens with zero attached hydrogens (tertiary/aromatic N) is 2. The highest BCUT2D eigenvalue weighted by Crippen LogP contribution is 2.32. The van der Waals surface area contributed by atoms with E-state index in [1.54, 1.807) is 18.2 Å². The average Bonchev–Trinajstić information content (AvgIpc) is 2.75. The predicted molar refractivity (Wildman–Crippen MR) is 111 cm³/mol. The van der Waals surface area contributed by atoms with Crippen LogP contribution in [0.25, 0.3) is 33.6 Å². The molecule has 0 bridgehead atoms. The van der Waals surface area contributed by atoms with E-state index >= 15 is 0 Å². The number of para-hydroxylation sites is 1. The van der Waals surface area contributed by atoms with Crippen LogP contribution < -0.4 is 4.57 Å². The molecule has 0 unspecified atom stereocenters. The summed E-state index contributed by atoms with van der Waals surface area (Å²) in [7, 11) is 1.95. The van der Waals surface area contributed by atoms with Crippen LogP contribution in [0, 0.1) is 10.1 Å². The normalized spacial score (nSPS) is 10.6. The largest absolute Gasteiger partial charge is 0.283 e. The van der Waals surface area contributed by atoms with E-state index in [9.17, 15) is 10.1 Å². The second kappa shape index (κ2) is 7.45. The molecule has 1 aromatic heterocycles. The highest BCUT2D eigenvalue weighted by Gasteiger charge is 2.25. The molecule has 1 heterocycles. The Balaban J connectivity index is 2.03. The van der Waals surface area contributed by atoms with E-state index in [1.807, 2.05) is 84.4 Å². The third-order valence-electron chi connectivity index (χ3n) is 4.86. The van der Waals surface area contributed by atoms with Gasteiger partial charge in [0.2, 0.25) is 11.4 Å². The minimum absolute atomic E-state index is 0.0994. The third kappa shape index (κ3) is 3.28. The SMILES string of the molecule is C[n+]1c(-c2ccccc2)cc(-c2ccccc2)cc1-c1ccccc1[N+](=O)[O-]. The molecule has 4 aromatic rings. The Morgan fingerprint density at radius 1 is 0.679 bits per heavy atom. The number of hydrogen-bond donors (Lipinski definition) is 0. The van der Waals surface area contributed by atoms with Crippen molar-refractivity contribution < 1.29 is 9.49 Å². The molecule has 0 saturated heterocycles. The Morgan fingerprint density at radius 3 is 1.86 bits per heavy atom. The summed E-state index contributed by atoms with van der Waals surface area (Å²) in [6, 6.07) is 31.2. The fourth-order valence-electron chi connectivity index (χ4n) is 3.45. The minimum atomic E-state index is -0.327. The van der Waals surface area contributed by atoms with Crippen molar-refractivity contribution in [1.82, 2.24) is 0 Å². The molecule has 3 aromatic carbocycles. The predicted octanol–water partition coefficient (Wildman–Crippen LogP) is 5.42. The van der Waals surface area contributed by atoms with Gasteiger partial charge in [-0.05, 0) is 29.3 Å². The monoisotopic (exact) mass is 367 g/mol. The van der Waals surface area contributed by atoms with Gasteiger partial charge in [-0.25, -0.2) is 0 Å². The summed E-state index contributed by atoms with van der Waals surface area (Å²) in [4.78, 5) is 11.3. The molecule has 28 heavy (non-hydrogen) atoms. The van der Waals surface area contributed by atoms with E-state index in [2.05, 4.69) is 6.07 Å². The highest BCUT2D eigenvalue weighted by molar-refractivity contribution is 5.76. The Morgan fingerprint density at radius 2 is 1.21 bits per heavy atom. The first-order chi connectivity index (χ1) is 13.6. The molecule has 0 aliphatic heterocycles. The molecule has 136 valence electrons. The molecule has 0 radical (unpaired) electrons. The van der Waals surface area contributed by atoms with Gasteiger partial charge < -0.3 is 0 Å². The number of nitro groups is 1. The van der Waals surface area contributed by atoms with Gasteiger partial charge in [-0.15, -0.1) is 0 Å². The molecule has 0 N–H and O–H groups in total. The van der Waals surface area contributed by atoms with E-state index in [0.29, 0.717) is 5.56 Å². The fraction of sp³-hybridized carbons (Fsp3) is 0.0417. The molecule has 0 saturated carbocycles. The van der Waals surface area contributed by atoms with Crippen LogP contribution in [0.2, 0.25) is 0 Å². The number of rotatable bonds is 4. The van der Waals surface area contributed by atoms with E-state index < -0.39 is 0 Å². The average molecular weight is 367 g/mol. The molecular weight excluding hydrogens is 348 g/mol. The summed E-state index contributed by atoms with van der Waals surface area (Å²) in [5.74, 6) is 0. The van der Waals surface area contributed by atoms with Gasteiger partial charge in [-0.2, -0.15) is 4.57 Å². The minimum Gasteiger partial charge on any atom is -0.258 e. The summed E-state index contributed by atoms with van der Waals surface area (Å²) in [5.41, 5.74) is 5.64. The maximum absolute atomic E-state index is 11.6. The number of pyridine rings is 1. The second-order valence-electron chi connectivity index (χ2n) is 6.58. The second-order valence-corrected chi connectivity index (χ2v) is 6.58. The molecule has 4 rings (SSSR count). The van der Waals surface area contributed by atoms with Gasteiger partial charge in [-0.3, -0.25) is 10.1 Å². The summed E-state index contributed by atoms with van der Waals surface area (Å²) in [6.45, 7) is 0. The van der Waals surface area contributed by atoms with Gasteiger partial charge in [0, 0.05) is 23.8 Å². The Kier molecular flexibility index (Phi) is 4.68. The molecule has 4 nitrogen and oxygen atoms in total. The first-order valence-electron chi connectivity index (χ1n) is 9.04. The maximum Gasteiger partial charge on any atom is 0.283 e. The first kappa shape index (κ1) is 17.6. The fourth-order valence-corrected chi connectivity index (χ4v) is 3.45. The molecule has 0 spiro atoms. The molecule has 0 amide bonds. The van der Waals surface area contributed by atoms with Crippen LogP contribution >= 0.6 is 0 Å². The Labute approximate surface area is 163 Å². The van der Waals surface area contributed by atoms with Crippen LogP contribution in [0.4, 0.5) is 5.69 Å². The van der Waals surface area contributed by atoms with E-state index in [-0.39, 0.29) is 10.6 Å². The van der Waals surface area contributed by atoms with E-state index in [1.165, 1.54) is 0 Å². The van der Waals surface area contributed by atoms with Crippen molar-refractivity contribution in [2.24, 2.45) is 7.05 Å². The standard InChI is InChI=1S/C24H19N2O2/c1-25-23(19-12-6-3-7-13-19)16-20(18-10-4-2-5-11-18)17-24(25)21-14-8-9-15-22(21)26(27)28/h2-17H,1H3/q+1. The molecule has 0 aliphatic rings. The number of hydrogen-bond acceptors (Lipinski definition) is 2. The lowest BCUT2D eigenvalue weighted by molar-refractivity contribution is -0.649. The highest BCUT2D eigenvalue weighted by atomic mass is 16.6. The first-order valence-corrected chi connectivity index (χ1v) is 9.04. The van der Waals surface area contributed by atoms with Crippen molar-refractivity contribution in [3.63, 3.8) is 0 Å². The lowest BCUT2D eigenvalue weighted by Gasteiger charge is -2.10. The zero-order chi connectivity index (χ0) is 19.5. The molecule has 0 aliphatic carbocycles. The van der Waals surface area contributed by atoms with Crippen molar-refractivity contribution in [3.8, 4) is 33.6 Å². The lowest BCUT2D eigenvalue weighted by atomic mass is 9.98. The van der Waals surface area contributed by atoms with Crippen LogP contribution in [0.1, 0.15) is 0 Å². The van der Waals surface area contributed by atoms with Gasteiger partial charge in [-0.1, -0.05) is 60.7 Å². The number of aromatic nitrogens is 1. The van der Waals surface area contributed by atoms with Gasteiger partial charge >= 0.3 is 0 Å². The Bertz CT molecular complexity index is 1140. The van der Waals surface area contributed by atoms with Crippen molar-refractivity contribution >= 4 is 5.69 Å². The van der Waals surface area contributed by atoms with Crippen LogP contribution in [0.15, 0.2) is 97.1 Å². The summed E-state index contributed by atoms with van der Waals surface area (Å²) in [6.07, 6.45) is 0. The zero-order valence-electron chi connectivity index (χ0n) is 15.4. The van der Waals surface area contributed by atoms with Gasteiger partial charge in [0.15, 0.2) is 0 Å². The lowest BCUT2D eigenvalue weighted by Crippen LogP contribution is -2.34.